The van der Waals surface area contributed by atoms with E-state index in [4.69, 9.17) is 34.3 Å². The summed E-state index contributed by atoms with van der Waals surface area (Å²) in [5.74, 6) is 0. The van der Waals surface area contributed by atoms with Gasteiger partial charge in [0, 0.05) is 99.6 Å². The van der Waals surface area contributed by atoms with Crippen LogP contribution in [0.25, 0.3) is 312 Å². The predicted molar refractivity (Wildman–Crippen MR) is 611 cm³/mol. The Bertz CT molecular complexity index is 11500. The summed E-state index contributed by atoms with van der Waals surface area (Å²) < 4.78 is 13.3. The van der Waals surface area contributed by atoms with E-state index in [1.54, 1.807) is 0 Å². The highest BCUT2D eigenvalue weighted by atomic mass is 16.3. The standard InChI is InChI=1S/C50H29N3.C46H27N3.C40H23N3O/c1-2-16-36-34(14-1)35-15-3-5-18-38(35)47-39-19-6-4-17-37(39)41(29-42(36)47)33-12-9-11-31(27-33)32-23-25-45-43(28-32)48-40(24-22-30-13-10-26-51-49(30)48)50-52-44-20-7-8-21-46(44)53(45)50;1-2-14-35-33(12-1)34-13-3-4-15-36(34)39-26-31(19-21-37(35)39)29-9-7-10-30(25-29)32-20-23-42-40(27-32)44-38(22-18-28-11-8-24-47-45(28)44)46-48-41-16-5-6-17-43(41)49(42)46;1-4-16-36-29(11-1)30-13-6-12-28(39(30)44-36)27-9-5-8-25(22-27)26-18-20-34-32(23-26)37-31(19-17-24-10-7-21-41-38(24)37)40-42-33-14-2-3-15-35(33)43(34)40/h1-29H;1-27H;1-23H. The molecule has 33 rings (SSSR count). The van der Waals surface area contributed by atoms with E-state index in [1.807, 2.05) is 55.0 Å². The average Bonchev–Trinajstić information content (AvgIpc) is 1.66. The minimum atomic E-state index is 0.909. The van der Waals surface area contributed by atoms with Gasteiger partial charge in [0.25, 0.3) is 0 Å². The maximum Gasteiger partial charge on any atom is 0.146 e. The quantitative estimate of drug-likeness (QED) is 0.153. The first kappa shape index (κ1) is 81.2. The number of fused-ring (bicyclic) bond motifs is 47. The van der Waals surface area contributed by atoms with Crippen molar-refractivity contribution in [3.05, 3.63) is 480 Å². The largest absolute Gasteiger partial charge is 0.455 e. The van der Waals surface area contributed by atoms with Crippen LogP contribution < -0.4 is 0 Å². The molecular weight excluding hydrogens is 1780 g/mol. The molecule has 10 heterocycles. The molecule has 23 aromatic carbocycles. The second-order valence-electron chi connectivity index (χ2n) is 38.5. The maximum absolute atomic E-state index is 6.38. The fraction of sp³-hybridized carbons (Fsp3) is 0. The molecule has 0 amide bonds. The first-order valence-corrected chi connectivity index (χ1v) is 49.7. The average molecular weight is 1860 g/mol. The number of rotatable bonds is 6. The van der Waals surface area contributed by atoms with Crippen LogP contribution in [-0.2, 0) is 0 Å². The van der Waals surface area contributed by atoms with Gasteiger partial charge < -0.3 is 4.42 Å². The summed E-state index contributed by atoms with van der Waals surface area (Å²) in [5.41, 5.74) is 31.4. The Morgan fingerprint density at radius 2 is 0.473 bits per heavy atom. The van der Waals surface area contributed by atoms with E-state index in [0.717, 1.165) is 187 Å². The van der Waals surface area contributed by atoms with Gasteiger partial charge in [-0.3, -0.25) is 28.2 Å². The Balaban J connectivity index is 0.0000000999. The summed E-state index contributed by atoms with van der Waals surface area (Å²) in [4.78, 5) is 30.1. The number of imidazole rings is 3. The summed E-state index contributed by atoms with van der Waals surface area (Å²) in [6.45, 7) is 0. The van der Waals surface area contributed by atoms with Crippen molar-refractivity contribution in [2.45, 2.75) is 0 Å². The molecule has 0 spiro atoms. The molecule has 0 bridgehead atoms. The third-order valence-corrected chi connectivity index (χ3v) is 30.7. The molecular formula is C136H79N9O. The molecule has 0 aliphatic rings. The first-order valence-electron chi connectivity index (χ1n) is 49.7. The number of nitrogens with zero attached hydrogens (tertiary/aromatic N) is 9. The molecule has 0 unspecified atom stereocenters. The number of pyridine rings is 6. The summed E-state index contributed by atoms with van der Waals surface area (Å²) in [6.07, 6.45) is 5.67. The SMILES string of the molecule is c1cc(-c2ccc3c(c2)c2c(ccc4cccnc42)c2nc4ccccc4n32)cc(-c2cc3c4ccccc4c4ccccc4c3c3ccccc23)c1.c1cc(-c2ccc3c(c2)c2c(ccc4cccnc42)c2nc4ccccc4n32)cc(-c2cccc3c2oc2ccccc23)c1.c1cc(-c2ccc3c4ccccc4c4ccccc4c3c2)cc(-c2ccc3c(c2)c2c(ccc4cccnc42)c2nc4ccccc4n32)c1. The molecule has 0 atom stereocenters. The van der Waals surface area contributed by atoms with Crippen molar-refractivity contribution in [3.63, 3.8) is 0 Å². The minimum absolute atomic E-state index is 0.909. The predicted octanol–water partition coefficient (Wildman–Crippen LogP) is 36.0. The van der Waals surface area contributed by atoms with Gasteiger partial charge in [-0.1, -0.05) is 315 Å². The Hall–Kier alpha value is -19.7. The van der Waals surface area contributed by atoms with Crippen LogP contribution in [0.1, 0.15) is 0 Å². The molecule has 10 heteroatoms. The zero-order valence-electron chi connectivity index (χ0n) is 78.5. The monoisotopic (exact) mass is 1850 g/mol. The number of hydrogen-bond donors (Lipinski definition) is 0. The third kappa shape index (κ3) is 12.3. The molecule has 10 nitrogen and oxygen atoms in total. The lowest BCUT2D eigenvalue weighted by atomic mass is 9.87. The van der Waals surface area contributed by atoms with Gasteiger partial charge in [-0.15, -0.1) is 0 Å². The zero-order chi connectivity index (χ0) is 95.5. The van der Waals surface area contributed by atoms with Crippen molar-refractivity contribution in [2.24, 2.45) is 0 Å². The molecule has 146 heavy (non-hydrogen) atoms. The molecule has 33 aromatic rings. The molecule has 0 saturated carbocycles. The van der Waals surface area contributed by atoms with E-state index in [2.05, 4.69) is 438 Å². The van der Waals surface area contributed by atoms with Crippen molar-refractivity contribution in [1.82, 2.24) is 43.1 Å². The topological polar surface area (TPSA) is 104 Å². The highest BCUT2D eigenvalue weighted by Gasteiger charge is 2.26. The number of para-hydroxylation sites is 8. The molecule has 0 aliphatic heterocycles. The lowest BCUT2D eigenvalue weighted by Gasteiger charge is -2.17. The van der Waals surface area contributed by atoms with E-state index in [-0.39, 0.29) is 0 Å². The van der Waals surface area contributed by atoms with E-state index in [0.29, 0.717) is 0 Å². The fourth-order valence-electron chi connectivity index (χ4n) is 24.2. The summed E-state index contributed by atoms with van der Waals surface area (Å²) in [5, 5.41) is 33.9. The summed E-state index contributed by atoms with van der Waals surface area (Å²) >= 11 is 0. The van der Waals surface area contributed by atoms with Crippen LogP contribution >= 0.6 is 0 Å². The second kappa shape index (κ2) is 31.9. The molecule has 0 aliphatic carbocycles. The van der Waals surface area contributed by atoms with Crippen LogP contribution in [0.5, 0.6) is 0 Å². The van der Waals surface area contributed by atoms with Gasteiger partial charge in [0.15, 0.2) is 0 Å². The Kier molecular flexibility index (Phi) is 17.8. The van der Waals surface area contributed by atoms with Crippen molar-refractivity contribution in [1.29, 1.82) is 0 Å². The molecule has 0 N–H and O–H groups in total. The van der Waals surface area contributed by atoms with Gasteiger partial charge in [0.2, 0.25) is 0 Å². The molecule has 674 valence electrons. The minimum Gasteiger partial charge on any atom is -0.455 e. The van der Waals surface area contributed by atoms with Gasteiger partial charge in [-0.2, -0.15) is 0 Å². The number of hydrogen-bond acceptors (Lipinski definition) is 7. The van der Waals surface area contributed by atoms with Gasteiger partial charge >= 0.3 is 0 Å². The number of benzene rings is 23. The highest BCUT2D eigenvalue weighted by Crippen LogP contribution is 2.49. The molecule has 10 aromatic heterocycles. The smallest absolute Gasteiger partial charge is 0.146 e. The van der Waals surface area contributed by atoms with Crippen LogP contribution in [0.2, 0.25) is 0 Å². The zero-order valence-corrected chi connectivity index (χ0v) is 78.5. The fourth-order valence-corrected chi connectivity index (χ4v) is 24.2. The normalized spacial score (nSPS) is 12.1. The Morgan fingerprint density at radius 3 is 0.918 bits per heavy atom. The van der Waals surface area contributed by atoms with Gasteiger partial charge in [0.05, 0.1) is 66.2 Å². The summed E-state index contributed by atoms with van der Waals surface area (Å²) in [6, 6.07) is 166. The summed E-state index contributed by atoms with van der Waals surface area (Å²) in [7, 11) is 0. The first-order chi connectivity index (χ1) is 72.4. The van der Waals surface area contributed by atoms with Crippen LogP contribution in [0, 0.1) is 0 Å². The molecule has 0 radical (unpaired) electrons. The van der Waals surface area contributed by atoms with E-state index in [1.165, 1.54) is 125 Å². The molecule has 0 fully saturated rings. The van der Waals surface area contributed by atoms with Crippen LogP contribution in [0.3, 0.4) is 0 Å². The lowest BCUT2D eigenvalue weighted by molar-refractivity contribution is 0.670. The van der Waals surface area contributed by atoms with Gasteiger partial charge in [-0.05, 0) is 282 Å². The van der Waals surface area contributed by atoms with Crippen molar-refractivity contribution < 1.29 is 4.42 Å². The van der Waals surface area contributed by atoms with Crippen molar-refractivity contribution in [3.8, 4) is 66.8 Å². The van der Waals surface area contributed by atoms with Gasteiger partial charge in [0.1, 0.15) is 28.1 Å². The van der Waals surface area contributed by atoms with Crippen molar-refractivity contribution in [2.75, 3.05) is 0 Å². The maximum atomic E-state index is 6.38. The van der Waals surface area contributed by atoms with Crippen molar-refractivity contribution >= 4 is 245 Å². The van der Waals surface area contributed by atoms with Gasteiger partial charge in [-0.25, -0.2) is 15.0 Å². The van der Waals surface area contributed by atoms with E-state index in [9.17, 15) is 0 Å². The van der Waals surface area contributed by atoms with E-state index < -0.39 is 0 Å². The lowest BCUT2D eigenvalue weighted by Crippen LogP contribution is -1.94. The highest BCUT2D eigenvalue weighted by molar-refractivity contribution is 6.34. The second-order valence-corrected chi connectivity index (χ2v) is 38.5. The van der Waals surface area contributed by atoms with Crippen LogP contribution in [-0.4, -0.2) is 43.1 Å². The molecule has 0 saturated heterocycles. The Morgan fingerprint density at radius 1 is 0.164 bits per heavy atom. The Labute approximate surface area is 833 Å². The van der Waals surface area contributed by atoms with Crippen LogP contribution in [0.15, 0.2) is 484 Å². The number of aromatic nitrogens is 9. The number of furan rings is 1. The van der Waals surface area contributed by atoms with Crippen LogP contribution in [0.4, 0.5) is 0 Å². The third-order valence-electron chi connectivity index (χ3n) is 30.7. The van der Waals surface area contributed by atoms with E-state index >= 15 is 0 Å².